The maximum atomic E-state index is 12.7. The zero-order valence-corrected chi connectivity index (χ0v) is 15.2. The highest BCUT2D eigenvalue weighted by Gasteiger charge is 2.28. The van der Waals surface area contributed by atoms with Gasteiger partial charge in [-0.25, -0.2) is 4.79 Å². The van der Waals surface area contributed by atoms with Gasteiger partial charge in [-0.3, -0.25) is 14.5 Å². The van der Waals surface area contributed by atoms with Crippen LogP contribution in [0.3, 0.4) is 0 Å². The van der Waals surface area contributed by atoms with Crippen LogP contribution < -0.4 is 10.6 Å². The molecule has 0 atom stereocenters. The fourth-order valence-corrected chi connectivity index (χ4v) is 3.51. The van der Waals surface area contributed by atoms with Crippen LogP contribution in [0.15, 0.2) is 24.3 Å². The number of nitrogens with zero attached hydrogens (tertiary/aromatic N) is 2. The molecule has 2 N–H and O–H groups in total. The molecule has 2 fully saturated rings. The van der Waals surface area contributed by atoms with Gasteiger partial charge < -0.3 is 15.5 Å². The van der Waals surface area contributed by atoms with Crippen LogP contribution in [0.1, 0.15) is 35.2 Å². The van der Waals surface area contributed by atoms with E-state index in [0.717, 1.165) is 44.5 Å². The Bertz CT molecular complexity index is 650. The molecule has 0 saturated carbocycles. The predicted molar refractivity (Wildman–Crippen MR) is 97.6 cm³/mol. The normalized spacial score (nSPS) is 18.3. The number of carbonyl (C=O) groups excluding carboxylic acids is 3. The number of carbonyl (C=O) groups is 3. The van der Waals surface area contributed by atoms with E-state index in [0.29, 0.717) is 11.5 Å². The highest BCUT2D eigenvalue weighted by atomic mass is 16.2. The minimum Gasteiger partial charge on any atom is -0.339 e. The number of piperidine rings is 1. The second-order valence-electron chi connectivity index (χ2n) is 6.96. The molecule has 0 unspecified atom stereocenters. The van der Waals surface area contributed by atoms with Crippen LogP contribution in [0, 0.1) is 5.92 Å². The molecule has 2 aliphatic rings. The molecule has 0 spiro atoms. The summed E-state index contributed by atoms with van der Waals surface area (Å²) in [6.45, 7) is 2.92. The van der Waals surface area contributed by atoms with E-state index >= 15 is 0 Å². The van der Waals surface area contributed by atoms with Crippen LogP contribution in [0.2, 0.25) is 0 Å². The van der Waals surface area contributed by atoms with E-state index in [4.69, 9.17) is 0 Å². The predicted octanol–water partition coefficient (Wildman–Crippen LogP) is 1.20. The standard InChI is InChI=1S/C19H26N4O3/c1-20-9-6-14-7-10-22(11-8-14)18(25)16-4-2-15(3-5-16)13-23-17(24)12-21-19(23)26/h2-5,14,20H,6-13H2,1H3,(H,21,26). The average molecular weight is 358 g/mol. The van der Waals surface area contributed by atoms with E-state index in [-0.39, 0.29) is 30.9 Å². The molecule has 26 heavy (non-hydrogen) atoms. The smallest absolute Gasteiger partial charge is 0.324 e. The molecule has 0 aromatic heterocycles. The van der Waals surface area contributed by atoms with Crippen molar-refractivity contribution >= 4 is 17.8 Å². The molecule has 1 aromatic rings. The van der Waals surface area contributed by atoms with E-state index in [1.54, 1.807) is 12.1 Å². The quantitative estimate of drug-likeness (QED) is 0.749. The summed E-state index contributed by atoms with van der Waals surface area (Å²) in [5, 5.41) is 5.68. The third-order valence-corrected chi connectivity index (χ3v) is 5.18. The molecule has 140 valence electrons. The van der Waals surface area contributed by atoms with Crippen LogP contribution in [0.4, 0.5) is 4.79 Å². The Balaban J connectivity index is 1.54. The van der Waals surface area contributed by atoms with Crippen molar-refractivity contribution in [3.8, 4) is 0 Å². The molecule has 2 aliphatic heterocycles. The summed E-state index contributed by atoms with van der Waals surface area (Å²) in [6, 6.07) is 6.82. The van der Waals surface area contributed by atoms with Crippen molar-refractivity contribution in [1.29, 1.82) is 0 Å². The molecule has 0 bridgehead atoms. The molecule has 3 rings (SSSR count). The number of amides is 4. The summed E-state index contributed by atoms with van der Waals surface area (Å²) in [5.41, 5.74) is 1.48. The monoisotopic (exact) mass is 358 g/mol. The second kappa shape index (κ2) is 8.31. The lowest BCUT2D eigenvalue weighted by molar-refractivity contribution is -0.125. The lowest BCUT2D eigenvalue weighted by atomic mass is 9.93. The third-order valence-electron chi connectivity index (χ3n) is 5.18. The van der Waals surface area contributed by atoms with Crippen molar-refractivity contribution in [2.24, 2.45) is 5.92 Å². The van der Waals surface area contributed by atoms with Crippen LogP contribution >= 0.6 is 0 Å². The van der Waals surface area contributed by atoms with Gasteiger partial charge in [0.1, 0.15) is 0 Å². The van der Waals surface area contributed by atoms with E-state index in [1.807, 2.05) is 24.1 Å². The second-order valence-corrected chi connectivity index (χ2v) is 6.96. The molecular weight excluding hydrogens is 332 g/mol. The van der Waals surface area contributed by atoms with Gasteiger partial charge in [-0.05, 0) is 56.5 Å². The highest BCUT2D eigenvalue weighted by Crippen LogP contribution is 2.21. The van der Waals surface area contributed by atoms with E-state index in [1.165, 1.54) is 4.90 Å². The molecule has 7 nitrogen and oxygen atoms in total. The first-order valence-electron chi connectivity index (χ1n) is 9.19. The zero-order chi connectivity index (χ0) is 18.5. The van der Waals surface area contributed by atoms with Gasteiger partial charge in [0.2, 0.25) is 5.91 Å². The van der Waals surface area contributed by atoms with Crippen molar-refractivity contribution < 1.29 is 14.4 Å². The first kappa shape index (κ1) is 18.4. The van der Waals surface area contributed by atoms with Gasteiger partial charge in [0.05, 0.1) is 13.1 Å². The lowest BCUT2D eigenvalue weighted by Crippen LogP contribution is -2.39. The Morgan fingerprint density at radius 3 is 2.46 bits per heavy atom. The number of hydrogen-bond acceptors (Lipinski definition) is 4. The summed E-state index contributed by atoms with van der Waals surface area (Å²) in [5.74, 6) is 0.521. The molecule has 2 heterocycles. The van der Waals surface area contributed by atoms with Crippen LogP contribution in [0.5, 0.6) is 0 Å². The largest absolute Gasteiger partial charge is 0.339 e. The highest BCUT2D eigenvalue weighted by molar-refractivity contribution is 6.01. The van der Waals surface area contributed by atoms with Gasteiger partial charge in [0.25, 0.3) is 5.91 Å². The molecule has 7 heteroatoms. The zero-order valence-electron chi connectivity index (χ0n) is 15.2. The Morgan fingerprint density at radius 1 is 1.19 bits per heavy atom. The van der Waals surface area contributed by atoms with Gasteiger partial charge in [-0.2, -0.15) is 0 Å². The van der Waals surface area contributed by atoms with Crippen molar-refractivity contribution in [3.05, 3.63) is 35.4 Å². The molecule has 0 aliphatic carbocycles. The number of urea groups is 1. The van der Waals surface area contributed by atoms with Gasteiger partial charge in [-0.15, -0.1) is 0 Å². The molecular formula is C19H26N4O3. The van der Waals surface area contributed by atoms with Crippen LogP contribution in [-0.2, 0) is 11.3 Å². The van der Waals surface area contributed by atoms with E-state index in [9.17, 15) is 14.4 Å². The number of nitrogens with one attached hydrogen (secondary N) is 2. The minimum atomic E-state index is -0.365. The van der Waals surface area contributed by atoms with Crippen molar-refractivity contribution in [2.75, 3.05) is 33.2 Å². The third kappa shape index (κ3) is 4.22. The summed E-state index contributed by atoms with van der Waals surface area (Å²) in [4.78, 5) is 39.0. The fraction of sp³-hybridized carbons (Fsp3) is 0.526. The Labute approximate surface area is 153 Å². The molecule has 1 aromatic carbocycles. The molecule has 4 amide bonds. The molecule has 2 saturated heterocycles. The van der Waals surface area contributed by atoms with Crippen LogP contribution in [-0.4, -0.2) is 60.9 Å². The number of hydrogen-bond donors (Lipinski definition) is 2. The Morgan fingerprint density at radius 2 is 1.88 bits per heavy atom. The lowest BCUT2D eigenvalue weighted by Gasteiger charge is -2.32. The summed E-state index contributed by atoms with van der Waals surface area (Å²) in [6.07, 6.45) is 3.27. The van der Waals surface area contributed by atoms with Crippen molar-refractivity contribution in [2.45, 2.75) is 25.8 Å². The van der Waals surface area contributed by atoms with Gasteiger partial charge in [0, 0.05) is 18.7 Å². The topological polar surface area (TPSA) is 81.8 Å². The SMILES string of the molecule is CNCCC1CCN(C(=O)c2ccc(CN3C(=O)CNC3=O)cc2)CC1. The van der Waals surface area contributed by atoms with Crippen molar-refractivity contribution in [3.63, 3.8) is 0 Å². The average Bonchev–Trinajstić information content (AvgIpc) is 2.99. The van der Waals surface area contributed by atoms with Gasteiger partial charge in [0.15, 0.2) is 0 Å². The summed E-state index contributed by atoms with van der Waals surface area (Å²) < 4.78 is 0. The summed E-state index contributed by atoms with van der Waals surface area (Å²) >= 11 is 0. The van der Waals surface area contributed by atoms with E-state index < -0.39 is 0 Å². The maximum absolute atomic E-state index is 12.7. The summed E-state index contributed by atoms with van der Waals surface area (Å²) in [7, 11) is 1.97. The Kier molecular flexibility index (Phi) is 5.88. The number of benzene rings is 1. The first-order chi connectivity index (χ1) is 12.6. The van der Waals surface area contributed by atoms with Gasteiger partial charge >= 0.3 is 6.03 Å². The number of likely N-dealkylation sites (tertiary alicyclic amines) is 1. The Hall–Kier alpha value is -2.41. The fourth-order valence-electron chi connectivity index (χ4n) is 3.51. The minimum absolute atomic E-state index is 0.0543. The van der Waals surface area contributed by atoms with Crippen molar-refractivity contribution in [1.82, 2.24) is 20.4 Å². The van der Waals surface area contributed by atoms with Crippen LogP contribution in [0.25, 0.3) is 0 Å². The number of rotatable bonds is 6. The van der Waals surface area contributed by atoms with Gasteiger partial charge in [-0.1, -0.05) is 12.1 Å². The number of imide groups is 1. The van der Waals surface area contributed by atoms with E-state index in [2.05, 4.69) is 10.6 Å². The molecule has 0 radical (unpaired) electrons. The maximum Gasteiger partial charge on any atom is 0.324 e. The first-order valence-corrected chi connectivity index (χ1v) is 9.19.